The van der Waals surface area contributed by atoms with Gasteiger partial charge in [0, 0.05) is 24.9 Å². The number of nitrogens with zero attached hydrogens (tertiary/aromatic N) is 2. The molecule has 0 aliphatic heterocycles. The van der Waals surface area contributed by atoms with Crippen molar-refractivity contribution in [2.45, 2.75) is 45.4 Å². The molecule has 3 heteroatoms. The highest BCUT2D eigenvalue weighted by atomic mass is 15.0. The van der Waals surface area contributed by atoms with E-state index in [2.05, 4.69) is 29.1 Å². The molecule has 0 aromatic carbocycles. The molecule has 0 radical (unpaired) electrons. The average molecular weight is 219 g/mol. The van der Waals surface area contributed by atoms with Gasteiger partial charge in [-0.15, -0.1) is 0 Å². The van der Waals surface area contributed by atoms with Crippen LogP contribution < -0.4 is 5.32 Å². The van der Waals surface area contributed by atoms with Crippen molar-refractivity contribution in [1.82, 2.24) is 9.97 Å². The van der Waals surface area contributed by atoms with Gasteiger partial charge in [-0.2, -0.15) is 0 Å². The van der Waals surface area contributed by atoms with Gasteiger partial charge in [0.2, 0.25) is 0 Å². The second kappa shape index (κ2) is 5.28. The van der Waals surface area contributed by atoms with Crippen LogP contribution in [0, 0.1) is 5.92 Å². The minimum atomic E-state index is 0.610. The molecule has 0 saturated heterocycles. The van der Waals surface area contributed by atoms with E-state index in [1.807, 2.05) is 6.20 Å². The molecule has 0 unspecified atom stereocenters. The number of hydrogen-bond acceptors (Lipinski definition) is 3. The number of rotatable bonds is 3. The Labute approximate surface area is 97.7 Å². The minimum absolute atomic E-state index is 0.610. The summed E-state index contributed by atoms with van der Waals surface area (Å²) in [4.78, 5) is 8.91. The molecule has 88 valence electrons. The van der Waals surface area contributed by atoms with Crippen molar-refractivity contribution in [3.05, 3.63) is 18.1 Å². The molecule has 1 N–H and O–H groups in total. The first-order valence-electron chi connectivity index (χ1n) is 6.36. The van der Waals surface area contributed by atoms with Crippen LogP contribution in [0.25, 0.3) is 0 Å². The zero-order chi connectivity index (χ0) is 11.4. The lowest BCUT2D eigenvalue weighted by Gasteiger charge is -2.26. The van der Waals surface area contributed by atoms with Gasteiger partial charge in [0.1, 0.15) is 5.82 Å². The molecule has 1 fully saturated rings. The molecule has 1 saturated carbocycles. The quantitative estimate of drug-likeness (QED) is 0.848. The number of hydrogen-bond donors (Lipinski definition) is 1. The molecule has 1 aromatic heterocycles. The molecule has 1 heterocycles. The minimum Gasteiger partial charge on any atom is -0.369 e. The number of aromatic nitrogens is 2. The lowest BCUT2D eigenvalue weighted by Crippen LogP contribution is -2.15. The maximum Gasteiger partial charge on any atom is 0.148 e. The van der Waals surface area contributed by atoms with Crippen LogP contribution in [0.3, 0.4) is 0 Å². The van der Waals surface area contributed by atoms with Gasteiger partial charge in [0.05, 0.1) is 5.69 Å². The average Bonchev–Trinajstić information content (AvgIpc) is 2.32. The van der Waals surface area contributed by atoms with Crippen molar-refractivity contribution in [3.8, 4) is 0 Å². The summed E-state index contributed by atoms with van der Waals surface area (Å²) in [5.41, 5.74) is 1.18. The fourth-order valence-electron chi connectivity index (χ4n) is 2.48. The molecule has 0 atom stereocenters. The molecule has 1 aromatic rings. The Balaban J connectivity index is 2.13. The van der Waals surface area contributed by atoms with Crippen LogP contribution in [0.15, 0.2) is 12.4 Å². The van der Waals surface area contributed by atoms with Crippen molar-refractivity contribution in [3.63, 3.8) is 0 Å². The van der Waals surface area contributed by atoms with E-state index < -0.39 is 0 Å². The zero-order valence-electron chi connectivity index (χ0n) is 10.2. The summed E-state index contributed by atoms with van der Waals surface area (Å²) in [6, 6.07) is 0. The Hall–Kier alpha value is -1.12. The van der Waals surface area contributed by atoms with Crippen molar-refractivity contribution < 1.29 is 0 Å². The summed E-state index contributed by atoms with van der Waals surface area (Å²) < 4.78 is 0. The summed E-state index contributed by atoms with van der Waals surface area (Å²) in [5.74, 6) is 2.49. The van der Waals surface area contributed by atoms with Crippen LogP contribution in [-0.4, -0.2) is 16.5 Å². The van der Waals surface area contributed by atoms with E-state index in [1.165, 1.54) is 31.4 Å². The maximum absolute atomic E-state index is 4.52. The highest BCUT2D eigenvalue weighted by molar-refractivity contribution is 5.41. The molecule has 1 aliphatic rings. The molecule has 0 spiro atoms. The van der Waals surface area contributed by atoms with Crippen LogP contribution in [0.2, 0.25) is 0 Å². The topological polar surface area (TPSA) is 37.8 Å². The smallest absolute Gasteiger partial charge is 0.148 e. The van der Waals surface area contributed by atoms with Crippen molar-refractivity contribution in [2.75, 3.05) is 11.9 Å². The third-order valence-electron chi connectivity index (χ3n) is 3.47. The van der Waals surface area contributed by atoms with Gasteiger partial charge in [-0.3, -0.25) is 4.98 Å². The second-order valence-electron chi connectivity index (χ2n) is 4.78. The van der Waals surface area contributed by atoms with E-state index in [0.717, 1.165) is 18.3 Å². The van der Waals surface area contributed by atoms with Gasteiger partial charge in [0.15, 0.2) is 0 Å². The molecule has 1 aliphatic carbocycles. The summed E-state index contributed by atoms with van der Waals surface area (Å²) in [6.45, 7) is 5.36. The summed E-state index contributed by atoms with van der Waals surface area (Å²) in [5, 5.41) is 3.31. The van der Waals surface area contributed by atoms with Crippen LogP contribution >= 0.6 is 0 Å². The SMILES string of the molecule is CCNc1nccnc1C1CCC(C)CC1. The van der Waals surface area contributed by atoms with E-state index >= 15 is 0 Å². The van der Waals surface area contributed by atoms with Gasteiger partial charge in [0.25, 0.3) is 0 Å². The van der Waals surface area contributed by atoms with E-state index in [9.17, 15) is 0 Å². The number of nitrogens with one attached hydrogen (secondary N) is 1. The largest absolute Gasteiger partial charge is 0.369 e. The van der Waals surface area contributed by atoms with Gasteiger partial charge >= 0.3 is 0 Å². The van der Waals surface area contributed by atoms with Gasteiger partial charge < -0.3 is 5.32 Å². The molecular formula is C13H21N3. The van der Waals surface area contributed by atoms with Crippen molar-refractivity contribution in [2.24, 2.45) is 5.92 Å². The Morgan fingerprint density at radius 3 is 2.56 bits per heavy atom. The summed E-state index contributed by atoms with van der Waals surface area (Å²) in [7, 11) is 0. The highest BCUT2D eigenvalue weighted by Crippen LogP contribution is 2.36. The molecular weight excluding hydrogens is 198 g/mol. The lowest BCUT2D eigenvalue weighted by molar-refractivity contribution is 0.344. The van der Waals surface area contributed by atoms with Crippen LogP contribution in [0.1, 0.15) is 51.1 Å². The fraction of sp³-hybridized carbons (Fsp3) is 0.692. The monoisotopic (exact) mass is 219 g/mol. The summed E-state index contributed by atoms with van der Waals surface area (Å²) >= 11 is 0. The highest BCUT2D eigenvalue weighted by Gasteiger charge is 2.23. The molecule has 2 rings (SSSR count). The van der Waals surface area contributed by atoms with E-state index in [0.29, 0.717) is 5.92 Å². The van der Waals surface area contributed by atoms with Gasteiger partial charge in [-0.25, -0.2) is 4.98 Å². The molecule has 16 heavy (non-hydrogen) atoms. The zero-order valence-corrected chi connectivity index (χ0v) is 10.2. The first-order chi connectivity index (χ1) is 7.81. The second-order valence-corrected chi connectivity index (χ2v) is 4.78. The lowest BCUT2D eigenvalue weighted by atomic mass is 9.81. The third kappa shape index (κ3) is 2.52. The molecule has 0 bridgehead atoms. The van der Waals surface area contributed by atoms with Crippen LogP contribution in [0.5, 0.6) is 0 Å². The molecule has 0 amide bonds. The Kier molecular flexibility index (Phi) is 3.75. The van der Waals surface area contributed by atoms with E-state index in [1.54, 1.807) is 6.20 Å². The maximum atomic E-state index is 4.52. The number of anilines is 1. The van der Waals surface area contributed by atoms with Crippen LogP contribution in [0.4, 0.5) is 5.82 Å². The van der Waals surface area contributed by atoms with E-state index in [4.69, 9.17) is 0 Å². The predicted molar refractivity (Wildman–Crippen MR) is 66.6 cm³/mol. The third-order valence-corrected chi connectivity index (χ3v) is 3.47. The van der Waals surface area contributed by atoms with Gasteiger partial charge in [-0.05, 0) is 25.7 Å². The fourth-order valence-corrected chi connectivity index (χ4v) is 2.48. The van der Waals surface area contributed by atoms with Crippen molar-refractivity contribution >= 4 is 5.82 Å². The normalized spacial score (nSPS) is 25.4. The Morgan fingerprint density at radius 1 is 1.19 bits per heavy atom. The summed E-state index contributed by atoms with van der Waals surface area (Å²) in [6.07, 6.45) is 8.76. The van der Waals surface area contributed by atoms with Crippen molar-refractivity contribution in [1.29, 1.82) is 0 Å². The molecule has 3 nitrogen and oxygen atoms in total. The van der Waals surface area contributed by atoms with E-state index in [-0.39, 0.29) is 0 Å². The first kappa shape index (κ1) is 11.4. The Morgan fingerprint density at radius 2 is 1.88 bits per heavy atom. The van der Waals surface area contributed by atoms with Gasteiger partial charge in [-0.1, -0.05) is 19.8 Å². The predicted octanol–water partition coefficient (Wildman–Crippen LogP) is 3.20. The van der Waals surface area contributed by atoms with Crippen LogP contribution in [-0.2, 0) is 0 Å². The standard InChI is InChI=1S/C13H21N3/c1-3-14-13-12(15-8-9-16-13)11-6-4-10(2)5-7-11/h8-11H,3-7H2,1-2H3,(H,14,16). The Bertz CT molecular complexity index is 330. The first-order valence-corrected chi connectivity index (χ1v) is 6.36.